The Morgan fingerprint density at radius 3 is 2.92 bits per heavy atom. The topological polar surface area (TPSA) is 84.7 Å². The van der Waals surface area contributed by atoms with Crippen LogP contribution in [0.2, 0.25) is 0 Å². The number of fused-ring (bicyclic) bond motifs is 1. The van der Waals surface area contributed by atoms with Gasteiger partial charge in [-0.25, -0.2) is 4.98 Å². The van der Waals surface area contributed by atoms with Gasteiger partial charge in [-0.3, -0.25) is 4.79 Å². The largest absolute Gasteiger partial charge is 0.339 e. The Bertz CT molecular complexity index is 1090. The highest BCUT2D eigenvalue weighted by Gasteiger charge is 2.12. The van der Waals surface area contributed by atoms with E-state index >= 15 is 0 Å². The van der Waals surface area contributed by atoms with Gasteiger partial charge >= 0.3 is 0 Å². The summed E-state index contributed by atoms with van der Waals surface area (Å²) in [4.78, 5) is 23.0. The van der Waals surface area contributed by atoms with Gasteiger partial charge in [-0.2, -0.15) is 4.98 Å². The molecule has 118 valence electrons. The molecule has 0 amide bonds. The lowest BCUT2D eigenvalue weighted by Crippen LogP contribution is -2.06. The summed E-state index contributed by atoms with van der Waals surface area (Å²) in [5.41, 5.74) is 2.20. The molecule has 0 spiro atoms. The quantitative estimate of drug-likeness (QED) is 0.587. The molecule has 6 nitrogen and oxygen atoms in total. The van der Waals surface area contributed by atoms with Gasteiger partial charge in [0.2, 0.25) is 11.7 Å². The van der Waals surface area contributed by atoms with Gasteiger partial charge in [0.15, 0.2) is 0 Å². The molecule has 2 aromatic heterocycles. The summed E-state index contributed by atoms with van der Waals surface area (Å²) in [6.07, 6.45) is 1.92. The van der Waals surface area contributed by atoms with E-state index in [1.54, 1.807) is 12.1 Å². The molecule has 0 atom stereocenters. The molecular weight excluding hydrogens is 372 g/mol. The van der Waals surface area contributed by atoms with Crippen molar-refractivity contribution in [3.63, 3.8) is 0 Å². The van der Waals surface area contributed by atoms with Crippen LogP contribution < -0.4 is 5.56 Å². The van der Waals surface area contributed by atoms with E-state index in [9.17, 15) is 4.79 Å². The highest BCUT2D eigenvalue weighted by Crippen LogP contribution is 2.22. The first-order valence-electron chi connectivity index (χ1n) is 7.24. The summed E-state index contributed by atoms with van der Waals surface area (Å²) in [6, 6.07) is 13.2. The van der Waals surface area contributed by atoms with Crippen LogP contribution in [0.25, 0.3) is 22.3 Å². The summed E-state index contributed by atoms with van der Waals surface area (Å²) in [6.45, 7) is 0. The zero-order chi connectivity index (χ0) is 16.5. The molecule has 0 radical (unpaired) electrons. The minimum Gasteiger partial charge on any atom is -0.339 e. The normalized spacial score (nSPS) is 11.0. The predicted octanol–water partition coefficient (Wildman–Crippen LogP) is 3.33. The molecule has 0 aliphatic carbocycles. The number of hydrogen-bond acceptors (Lipinski definition) is 5. The van der Waals surface area contributed by atoms with E-state index in [-0.39, 0.29) is 5.56 Å². The SMILES string of the molecule is O=c1[nH]cnc2ccc(-c3noc(Cc4ccccc4Br)n3)cc12. The molecule has 24 heavy (non-hydrogen) atoms. The molecule has 0 aliphatic heterocycles. The Labute approximate surface area is 144 Å². The zero-order valence-corrected chi connectivity index (χ0v) is 13.9. The van der Waals surface area contributed by atoms with E-state index in [0.717, 1.165) is 10.0 Å². The Morgan fingerprint density at radius 2 is 2.04 bits per heavy atom. The number of hydrogen-bond donors (Lipinski definition) is 1. The number of nitrogens with one attached hydrogen (secondary N) is 1. The molecule has 4 rings (SSSR count). The maximum Gasteiger partial charge on any atom is 0.258 e. The van der Waals surface area contributed by atoms with Crippen molar-refractivity contribution in [2.24, 2.45) is 0 Å². The third-order valence-electron chi connectivity index (χ3n) is 3.67. The van der Waals surface area contributed by atoms with Gasteiger partial charge in [0.05, 0.1) is 23.7 Å². The molecule has 0 aliphatic rings. The lowest BCUT2D eigenvalue weighted by Gasteiger charge is -1.99. The fourth-order valence-electron chi connectivity index (χ4n) is 2.46. The second-order valence-electron chi connectivity index (χ2n) is 5.24. The Morgan fingerprint density at radius 1 is 1.17 bits per heavy atom. The van der Waals surface area contributed by atoms with Crippen LogP contribution in [0.4, 0.5) is 0 Å². The van der Waals surface area contributed by atoms with Crippen LogP contribution in [-0.4, -0.2) is 20.1 Å². The average Bonchev–Trinajstić information content (AvgIpc) is 3.06. The van der Waals surface area contributed by atoms with E-state index in [4.69, 9.17) is 4.52 Å². The molecule has 2 heterocycles. The van der Waals surface area contributed by atoms with Crippen molar-refractivity contribution in [1.82, 2.24) is 20.1 Å². The molecular formula is C17H11BrN4O2. The predicted molar refractivity (Wildman–Crippen MR) is 92.6 cm³/mol. The van der Waals surface area contributed by atoms with Crippen molar-refractivity contribution in [3.05, 3.63) is 75.1 Å². The number of aromatic nitrogens is 4. The Kier molecular flexibility index (Phi) is 3.70. The van der Waals surface area contributed by atoms with Crippen LogP contribution >= 0.6 is 15.9 Å². The second-order valence-corrected chi connectivity index (χ2v) is 6.10. The van der Waals surface area contributed by atoms with E-state index in [2.05, 4.69) is 36.0 Å². The minimum atomic E-state index is -0.196. The van der Waals surface area contributed by atoms with Gasteiger partial charge in [0, 0.05) is 10.0 Å². The van der Waals surface area contributed by atoms with Crippen LogP contribution in [0, 0.1) is 0 Å². The van der Waals surface area contributed by atoms with Crippen molar-refractivity contribution in [2.75, 3.05) is 0 Å². The van der Waals surface area contributed by atoms with Crippen molar-refractivity contribution in [1.29, 1.82) is 0 Å². The van der Waals surface area contributed by atoms with Crippen molar-refractivity contribution < 1.29 is 4.52 Å². The maximum absolute atomic E-state index is 11.9. The average molecular weight is 383 g/mol. The molecule has 0 bridgehead atoms. The summed E-state index contributed by atoms with van der Waals surface area (Å²) in [7, 11) is 0. The standard InChI is InChI=1S/C17H11BrN4O2/c18-13-4-2-1-3-10(13)8-15-21-16(22-24-15)11-5-6-14-12(7-11)17(23)20-9-19-14/h1-7,9H,8H2,(H,19,20,23). The molecule has 0 unspecified atom stereocenters. The monoisotopic (exact) mass is 382 g/mol. The number of nitrogens with zero attached hydrogens (tertiary/aromatic N) is 3. The van der Waals surface area contributed by atoms with E-state index in [1.165, 1.54) is 6.33 Å². The van der Waals surface area contributed by atoms with Crippen molar-refractivity contribution >= 4 is 26.8 Å². The second kappa shape index (κ2) is 6.01. The summed E-state index contributed by atoms with van der Waals surface area (Å²) < 4.78 is 6.33. The van der Waals surface area contributed by atoms with Gasteiger partial charge < -0.3 is 9.51 Å². The molecule has 0 saturated carbocycles. The zero-order valence-electron chi connectivity index (χ0n) is 12.4. The maximum atomic E-state index is 11.9. The van der Waals surface area contributed by atoms with Gasteiger partial charge in [0.25, 0.3) is 5.56 Å². The first kappa shape index (κ1) is 14.8. The van der Waals surface area contributed by atoms with Crippen molar-refractivity contribution in [3.8, 4) is 11.4 Å². The minimum absolute atomic E-state index is 0.196. The molecule has 0 saturated heterocycles. The molecule has 7 heteroatoms. The third-order valence-corrected chi connectivity index (χ3v) is 4.44. The number of benzene rings is 2. The fraction of sp³-hybridized carbons (Fsp3) is 0.0588. The summed E-state index contributed by atoms with van der Waals surface area (Å²) in [5.74, 6) is 0.958. The third kappa shape index (κ3) is 2.74. The van der Waals surface area contributed by atoms with E-state index in [0.29, 0.717) is 34.6 Å². The van der Waals surface area contributed by atoms with Crippen LogP contribution in [0.3, 0.4) is 0 Å². The van der Waals surface area contributed by atoms with Gasteiger partial charge in [-0.1, -0.05) is 39.3 Å². The van der Waals surface area contributed by atoms with Crippen LogP contribution in [0.15, 0.2) is 62.6 Å². The van der Waals surface area contributed by atoms with E-state index in [1.807, 2.05) is 30.3 Å². The lowest BCUT2D eigenvalue weighted by atomic mass is 10.1. The van der Waals surface area contributed by atoms with Gasteiger partial charge in [-0.15, -0.1) is 0 Å². The molecule has 0 fully saturated rings. The summed E-state index contributed by atoms with van der Waals surface area (Å²) in [5, 5.41) is 4.51. The van der Waals surface area contributed by atoms with Crippen LogP contribution in [0.1, 0.15) is 11.5 Å². The first-order chi connectivity index (χ1) is 11.7. The molecule has 1 N–H and O–H groups in total. The number of rotatable bonds is 3. The Balaban J connectivity index is 1.69. The summed E-state index contributed by atoms with van der Waals surface area (Å²) >= 11 is 3.51. The highest BCUT2D eigenvalue weighted by molar-refractivity contribution is 9.10. The smallest absolute Gasteiger partial charge is 0.258 e. The molecule has 2 aromatic carbocycles. The fourth-order valence-corrected chi connectivity index (χ4v) is 2.88. The Hall–Kier alpha value is -2.80. The first-order valence-corrected chi connectivity index (χ1v) is 8.04. The van der Waals surface area contributed by atoms with Gasteiger partial charge in [0.1, 0.15) is 0 Å². The highest BCUT2D eigenvalue weighted by atomic mass is 79.9. The van der Waals surface area contributed by atoms with E-state index < -0.39 is 0 Å². The van der Waals surface area contributed by atoms with Crippen LogP contribution in [0.5, 0.6) is 0 Å². The molecule has 4 aromatic rings. The van der Waals surface area contributed by atoms with Crippen molar-refractivity contribution in [2.45, 2.75) is 6.42 Å². The number of halogens is 1. The van der Waals surface area contributed by atoms with Gasteiger partial charge in [-0.05, 0) is 29.8 Å². The number of aromatic amines is 1. The van der Waals surface area contributed by atoms with Crippen LogP contribution in [-0.2, 0) is 6.42 Å². The number of H-pyrrole nitrogens is 1. The lowest BCUT2D eigenvalue weighted by molar-refractivity contribution is 0.385.